The number of nitrogens with zero attached hydrogens (tertiary/aromatic N) is 3. The van der Waals surface area contributed by atoms with Gasteiger partial charge in [0.05, 0.1) is 5.56 Å². The number of halogens is 2. The van der Waals surface area contributed by atoms with Gasteiger partial charge < -0.3 is 0 Å². The van der Waals surface area contributed by atoms with E-state index >= 15 is 4.39 Å². The SMILES string of the molecule is C/C=C/CCc1cnc(-c2ccc3c(F)c(CCc4ccc(C#N)c(F)c4)ccc3c2)nc1. The molecule has 1 heterocycles. The number of aryl methyl sites for hydroxylation is 3. The number of rotatable bonds is 7. The highest BCUT2D eigenvalue weighted by atomic mass is 19.1. The van der Waals surface area contributed by atoms with Gasteiger partial charge >= 0.3 is 0 Å². The van der Waals surface area contributed by atoms with Crippen molar-refractivity contribution in [1.29, 1.82) is 5.26 Å². The predicted octanol–water partition coefficient (Wildman–Crippen LogP) is 6.74. The summed E-state index contributed by atoms with van der Waals surface area (Å²) in [5, 5.41) is 10.2. The van der Waals surface area contributed by atoms with Crippen LogP contribution in [0.1, 0.15) is 35.6 Å². The van der Waals surface area contributed by atoms with Gasteiger partial charge in [-0.3, -0.25) is 0 Å². The topological polar surface area (TPSA) is 49.6 Å². The standard InChI is InChI=1S/C28H23F2N3/c1-2-3-4-5-20-17-32-28(33-18-20)23-12-13-25-22(15-23)11-10-21(27(25)30)8-6-19-7-9-24(16-31)26(29)14-19/h2-3,7,9-15,17-18H,4-6,8H2,1H3/b3-2+. The lowest BCUT2D eigenvalue weighted by Gasteiger charge is -2.09. The lowest BCUT2D eigenvalue weighted by Crippen LogP contribution is -1.98. The fraction of sp³-hybridized carbons (Fsp3) is 0.179. The van der Waals surface area contributed by atoms with E-state index in [1.165, 1.54) is 12.1 Å². The Hall–Kier alpha value is -3.91. The molecule has 0 atom stereocenters. The third-order valence-corrected chi connectivity index (χ3v) is 5.67. The molecule has 0 fully saturated rings. The van der Waals surface area contributed by atoms with E-state index in [4.69, 9.17) is 5.26 Å². The summed E-state index contributed by atoms with van der Waals surface area (Å²) in [4.78, 5) is 8.95. The summed E-state index contributed by atoms with van der Waals surface area (Å²) in [7, 11) is 0. The Balaban J connectivity index is 1.51. The van der Waals surface area contributed by atoms with Gasteiger partial charge in [0.25, 0.3) is 0 Å². The van der Waals surface area contributed by atoms with Crippen molar-refractivity contribution in [2.24, 2.45) is 0 Å². The second kappa shape index (κ2) is 10.1. The molecule has 4 aromatic rings. The Labute approximate surface area is 192 Å². The first-order valence-electron chi connectivity index (χ1n) is 10.9. The van der Waals surface area contributed by atoms with Crippen LogP contribution in [0.3, 0.4) is 0 Å². The molecule has 0 N–H and O–H groups in total. The van der Waals surface area contributed by atoms with Gasteiger partial charge in [0, 0.05) is 23.3 Å². The van der Waals surface area contributed by atoms with Crippen LogP contribution in [-0.2, 0) is 19.3 Å². The number of nitriles is 1. The smallest absolute Gasteiger partial charge is 0.159 e. The van der Waals surface area contributed by atoms with Gasteiger partial charge in [0.2, 0.25) is 0 Å². The number of allylic oxidation sites excluding steroid dienone is 2. The molecule has 1 aromatic heterocycles. The molecule has 3 aromatic carbocycles. The number of fused-ring (bicyclic) bond motifs is 1. The van der Waals surface area contributed by atoms with E-state index in [0.29, 0.717) is 29.6 Å². The van der Waals surface area contributed by atoms with E-state index in [1.807, 2.05) is 49.7 Å². The molecule has 5 heteroatoms. The third-order valence-electron chi connectivity index (χ3n) is 5.67. The summed E-state index contributed by atoms with van der Waals surface area (Å²) >= 11 is 0. The zero-order valence-corrected chi connectivity index (χ0v) is 18.4. The first-order valence-corrected chi connectivity index (χ1v) is 10.9. The molecule has 0 spiro atoms. The van der Waals surface area contributed by atoms with Crippen LogP contribution in [0.15, 0.2) is 73.1 Å². The highest BCUT2D eigenvalue weighted by molar-refractivity contribution is 5.87. The van der Waals surface area contributed by atoms with Crippen molar-refractivity contribution >= 4 is 10.8 Å². The molecule has 0 saturated carbocycles. The first kappa shape index (κ1) is 22.3. The van der Waals surface area contributed by atoms with Crippen LogP contribution in [0.4, 0.5) is 8.78 Å². The molecular formula is C28H23F2N3. The van der Waals surface area contributed by atoms with Gasteiger partial charge in [-0.25, -0.2) is 18.7 Å². The van der Waals surface area contributed by atoms with E-state index in [-0.39, 0.29) is 11.4 Å². The summed E-state index contributed by atoms with van der Waals surface area (Å²) in [5.74, 6) is -0.206. The molecular weight excluding hydrogens is 416 g/mol. The predicted molar refractivity (Wildman–Crippen MR) is 127 cm³/mol. The molecule has 0 bridgehead atoms. The lowest BCUT2D eigenvalue weighted by atomic mass is 9.98. The largest absolute Gasteiger partial charge is 0.236 e. The molecule has 0 aliphatic carbocycles. The Morgan fingerprint density at radius 1 is 0.909 bits per heavy atom. The summed E-state index contributed by atoms with van der Waals surface area (Å²) < 4.78 is 29.0. The van der Waals surface area contributed by atoms with Crippen molar-refractivity contribution in [3.8, 4) is 17.5 Å². The van der Waals surface area contributed by atoms with Crippen LogP contribution in [0.2, 0.25) is 0 Å². The molecule has 0 aliphatic rings. The minimum absolute atomic E-state index is 0.0127. The Morgan fingerprint density at radius 2 is 1.73 bits per heavy atom. The van der Waals surface area contributed by atoms with Crippen LogP contribution in [0.25, 0.3) is 22.2 Å². The maximum atomic E-state index is 15.2. The van der Waals surface area contributed by atoms with Gasteiger partial charge in [-0.15, -0.1) is 0 Å². The van der Waals surface area contributed by atoms with Crippen LogP contribution < -0.4 is 0 Å². The van der Waals surface area contributed by atoms with Crippen molar-refractivity contribution in [3.05, 3.63) is 107 Å². The third kappa shape index (κ3) is 5.12. The Kier molecular flexibility index (Phi) is 6.85. The van der Waals surface area contributed by atoms with E-state index < -0.39 is 5.82 Å². The maximum Gasteiger partial charge on any atom is 0.159 e. The molecule has 0 saturated heterocycles. The Bertz CT molecular complexity index is 1350. The van der Waals surface area contributed by atoms with Crippen LogP contribution in [0, 0.1) is 23.0 Å². The molecule has 33 heavy (non-hydrogen) atoms. The molecule has 0 aliphatic heterocycles. The average molecular weight is 440 g/mol. The second-order valence-corrected chi connectivity index (χ2v) is 7.92. The molecule has 0 amide bonds. The molecule has 164 valence electrons. The van der Waals surface area contributed by atoms with Crippen molar-refractivity contribution < 1.29 is 8.78 Å². The fourth-order valence-corrected chi connectivity index (χ4v) is 3.80. The molecule has 0 unspecified atom stereocenters. The Morgan fingerprint density at radius 3 is 2.45 bits per heavy atom. The van der Waals surface area contributed by atoms with Crippen molar-refractivity contribution in [3.63, 3.8) is 0 Å². The highest BCUT2D eigenvalue weighted by Gasteiger charge is 2.11. The number of hydrogen-bond acceptors (Lipinski definition) is 3. The number of hydrogen-bond donors (Lipinski definition) is 0. The van der Waals surface area contributed by atoms with E-state index in [2.05, 4.69) is 16.0 Å². The minimum Gasteiger partial charge on any atom is -0.236 e. The van der Waals surface area contributed by atoms with Crippen molar-refractivity contribution in [2.45, 2.75) is 32.6 Å². The summed E-state index contributed by atoms with van der Waals surface area (Å²) in [6, 6.07) is 15.5. The summed E-state index contributed by atoms with van der Waals surface area (Å²) in [6.07, 6.45) is 10.6. The quantitative estimate of drug-likeness (QED) is 0.300. The summed E-state index contributed by atoms with van der Waals surface area (Å²) in [5.41, 5.74) is 3.23. The molecule has 4 rings (SSSR count). The van der Waals surface area contributed by atoms with E-state index in [9.17, 15) is 4.39 Å². The molecule has 0 radical (unpaired) electrons. The van der Waals surface area contributed by atoms with Crippen molar-refractivity contribution in [1.82, 2.24) is 9.97 Å². The normalized spacial score (nSPS) is 11.2. The van der Waals surface area contributed by atoms with Gasteiger partial charge in [0.1, 0.15) is 17.7 Å². The van der Waals surface area contributed by atoms with E-state index in [0.717, 1.165) is 34.9 Å². The second-order valence-electron chi connectivity index (χ2n) is 7.92. The number of aromatic nitrogens is 2. The van der Waals surface area contributed by atoms with Gasteiger partial charge in [0.15, 0.2) is 5.82 Å². The fourth-order valence-electron chi connectivity index (χ4n) is 3.80. The lowest BCUT2D eigenvalue weighted by molar-refractivity contribution is 0.616. The minimum atomic E-state index is -0.547. The van der Waals surface area contributed by atoms with Gasteiger partial charge in [-0.2, -0.15) is 5.26 Å². The highest BCUT2D eigenvalue weighted by Crippen LogP contribution is 2.27. The zero-order valence-electron chi connectivity index (χ0n) is 18.4. The molecule has 3 nitrogen and oxygen atoms in total. The van der Waals surface area contributed by atoms with E-state index in [1.54, 1.807) is 18.2 Å². The monoisotopic (exact) mass is 439 g/mol. The van der Waals surface area contributed by atoms with Gasteiger partial charge in [-0.05, 0) is 72.9 Å². The average Bonchev–Trinajstić information content (AvgIpc) is 2.84. The van der Waals surface area contributed by atoms with Crippen LogP contribution in [-0.4, -0.2) is 9.97 Å². The van der Waals surface area contributed by atoms with Crippen LogP contribution >= 0.6 is 0 Å². The van der Waals surface area contributed by atoms with Crippen molar-refractivity contribution in [2.75, 3.05) is 0 Å². The zero-order chi connectivity index (χ0) is 23.2. The first-order chi connectivity index (χ1) is 16.1. The van der Waals surface area contributed by atoms with Gasteiger partial charge in [-0.1, -0.05) is 42.5 Å². The summed E-state index contributed by atoms with van der Waals surface area (Å²) in [6.45, 7) is 2.00. The number of benzene rings is 3. The van der Waals surface area contributed by atoms with Crippen LogP contribution in [0.5, 0.6) is 0 Å². The maximum absolute atomic E-state index is 15.2.